The van der Waals surface area contributed by atoms with Crippen molar-refractivity contribution < 1.29 is 4.52 Å². The molecule has 1 fully saturated rings. The summed E-state index contributed by atoms with van der Waals surface area (Å²) in [5.74, 6) is 0.959. The van der Waals surface area contributed by atoms with Crippen LogP contribution < -0.4 is 5.32 Å². The zero-order valence-corrected chi connectivity index (χ0v) is 9.84. The number of aromatic nitrogens is 1. The Morgan fingerprint density at radius 2 is 2.20 bits per heavy atom. The van der Waals surface area contributed by atoms with Gasteiger partial charge in [0.1, 0.15) is 0 Å². The summed E-state index contributed by atoms with van der Waals surface area (Å²) in [4.78, 5) is 0. The summed E-state index contributed by atoms with van der Waals surface area (Å²) in [6, 6.07) is 2.79. The van der Waals surface area contributed by atoms with Crippen LogP contribution >= 0.6 is 0 Å². The van der Waals surface area contributed by atoms with Crippen LogP contribution in [-0.2, 0) is 13.0 Å². The fourth-order valence-corrected chi connectivity index (χ4v) is 1.60. The predicted molar refractivity (Wildman–Crippen MR) is 59.5 cm³/mol. The normalized spacial score (nSPS) is 17.0. The van der Waals surface area contributed by atoms with E-state index in [-0.39, 0.29) is 5.41 Å². The number of hydrogen-bond donors (Lipinski definition) is 1. The fourth-order valence-electron chi connectivity index (χ4n) is 1.60. The van der Waals surface area contributed by atoms with Crippen molar-refractivity contribution in [2.24, 2.45) is 5.41 Å². The van der Waals surface area contributed by atoms with Gasteiger partial charge in [0.2, 0.25) is 0 Å². The van der Waals surface area contributed by atoms with Gasteiger partial charge in [-0.2, -0.15) is 0 Å². The van der Waals surface area contributed by atoms with Gasteiger partial charge >= 0.3 is 0 Å². The lowest BCUT2D eigenvalue weighted by atomic mass is 9.90. The summed E-state index contributed by atoms with van der Waals surface area (Å²) in [7, 11) is 0. The largest absolute Gasteiger partial charge is 0.360 e. The van der Waals surface area contributed by atoms with Gasteiger partial charge in [-0.05, 0) is 24.7 Å². The first-order valence-electron chi connectivity index (χ1n) is 5.71. The topological polar surface area (TPSA) is 38.1 Å². The lowest BCUT2D eigenvalue weighted by Gasteiger charge is -2.14. The van der Waals surface area contributed by atoms with Crippen molar-refractivity contribution in [2.75, 3.05) is 0 Å². The molecular weight excluding hydrogens is 188 g/mol. The van der Waals surface area contributed by atoms with Gasteiger partial charge < -0.3 is 9.84 Å². The third kappa shape index (κ3) is 3.67. The molecule has 0 amide bonds. The zero-order chi connectivity index (χ0) is 10.9. The smallest absolute Gasteiger partial charge is 0.150 e. The Hall–Kier alpha value is -0.830. The standard InChI is InChI=1S/C12H20N2O/c1-12(2,3)7-10-6-11(15-14-10)8-13-9-4-5-9/h6,9,13H,4-5,7-8H2,1-3H3. The minimum atomic E-state index is 0.276. The molecule has 84 valence electrons. The predicted octanol–water partition coefficient (Wildman–Crippen LogP) is 2.52. The molecule has 0 aromatic carbocycles. The van der Waals surface area contributed by atoms with Crippen molar-refractivity contribution >= 4 is 0 Å². The van der Waals surface area contributed by atoms with Crippen molar-refractivity contribution in [1.82, 2.24) is 10.5 Å². The van der Waals surface area contributed by atoms with Crippen molar-refractivity contribution in [1.29, 1.82) is 0 Å². The molecule has 0 radical (unpaired) electrons. The van der Waals surface area contributed by atoms with Gasteiger partial charge in [0.05, 0.1) is 12.2 Å². The van der Waals surface area contributed by atoms with Gasteiger partial charge in [-0.15, -0.1) is 0 Å². The molecule has 0 aliphatic heterocycles. The van der Waals surface area contributed by atoms with Crippen molar-refractivity contribution in [3.8, 4) is 0 Å². The van der Waals surface area contributed by atoms with E-state index in [1.165, 1.54) is 12.8 Å². The van der Waals surface area contributed by atoms with Crippen LogP contribution in [-0.4, -0.2) is 11.2 Å². The van der Waals surface area contributed by atoms with Crippen LogP contribution in [0.3, 0.4) is 0 Å². The second-order valence-corrected chi connectivity index (χ2v) is 5.68. The Morgan fingerprint density at radius 1 is 1.47 bits per heavy atom. The highest BCUT2D eigenvalue weighted by Gasteiger charge is 2.21. The van der Waals surface area contributed by atoms with Crippen LogP contribution in [0.4, 0.5) is 0 Å². The Bertz CT molecular complexity index is 321. The summed E-state index contributed by atoms with van der Waals surface area (Å²) in [6.07, 6.45) is 3.59. The molecule has 1 heterocycles. The number of nitrogens with zero attached hydrogens (tertiary/aromatic N) is 1. The van der Waals surface area contributed by atoms with E-state index in [2.05, 4.69) is 37.3 Å². The van der Waals surface area contributed by atoms with E-state index in [0.29, 0.717) is 0 Å². The first kappa shape index (κ1) is 10.7. The average molecular weight is 208 g/mol. The summed E-state index contributed by atoms with van der Waals surface area (Å²) < 4.78 is 5.28. The third-order valence-corrected chi connectivity index (χ3v) is 2.46. The number of rotatable bonds is 4. The maximum atomic E-state index is 5.28. The van der Waals surface area contributed by atoms with E-state index in [9.17, 15) is 0 Å². The minimum absolute atomic E-state index is 0.276. The fraction of sp³-hybridized carbons (Fsp3) is 0.750. The van der Waals surface area contributed by atoms with E-state index in [0.717, 1.165) is 30.5 Å². The second kappa shape index (κ2) is 3.97. The molecule has 1 aromatic heterocycles. The van der Waals surface area contributed by atoms with Crippen LogP contribution in [0, 0.1) is 5.41 Å². The SMILES string of the molecule is CC(C)(C)Cc1cc(CNC2CC2)on1. The molecule has 0 unspecified atom stereocenters. The Balaban J connectivity index is 1.85. The zero-order valence-electron chi connectivity index (χ0n) is 9.84. The van der Waals surface area contributed by atoms with Gasteiger partial charge in [-0.25, -0.2) is 0 Å². The number of hydrogen-bond acceptors (Lipinski definition) is 3. The van der Waals surface area contributed by atoms with E-state index < -0.39 is 0 Å². The highest BCUT2D eigenvalue weighted by Crippen LogP contribution is 2.21. The monoisotopic (exact) mass is 208 g/mol. The molecule has 0 atom stereocenters. The van der Waals surface area contributed by atoms with Gasteiger partial charge in [-0.3, -0.25) is 0 Å². The van der Waals surface area contributed by atoms with Gasteiger partial charge in [0.15, 0.2) is 5.76 Å². The van der Waals surface area contributed by atoms with Crippen molar-refractivity contribution in [3.63, 3.8) is 0 Å². The van der Waals surface area contributed by atoms with Crippen LogP contribution in [0.25, 0.3) is 0 Å². The molecule has 1 aliphatic rings. The molecule has 3 nitrogen and oxygen atoms in total. The second-order valence-electron chi connectivity index (χ2n) is 5.68. The maximum Gasteiger partial charge on any atom is 0.150 e. The van der Waals surface area contributed by atoms with Crippen LogP contribution in [0.1, 0.15) is 45.1 Å². The van der Waals surface area contributed by atoms with E-state index in [1.807, 2.05) is 0 Å². The van der Waals surface area contributed by atoms with Crippen molar-refractivity contribution in [2.45, 2.75) is 52.6 Å². The molecule has 1 N–H and O–H groups in total. The van der Waals surface area contributed by atoms with Crippen LogP contribution in [0.2, 0.25) is 0 Å². The molecule has 3 heteroatoms. The lowest BCUT2D eigenvalue weighted by Crippen LogP contribution is -2.14. The first-order valence-corrected chi connectivity index (χ1v) is 5.71. The average Bonchev–Trinajstić information content (AvgIpc) is 2.83. The molecule has 1 saturated carbocycles. The summed E-state index contributed by atoms with van der Waals surface area (Å²) in [5, 5.41) is 7.50. The number of nitrogens with one attached hydrogen (secondary N) is 1. The van der Waals surface area contributed by atoms with E-state index in [4.69, 9.17) is 4.52 Å². The molecule has 0 bridgehead atoms. The molecule has 15 heavy (non-hydrogen) atoms. The quantitative estimate of drug-likeness (QED) is 0.826. The first-order chi connectivity index (χ1) is 7.03. The summed E-state index contributed by atoms with van der Waals surface area (Å²) >= 11 is 0. The molecule has 1 aliphatic carbocycles. The van der Waals surface area contributed by atoms with E-state index >= 15 is 0 Å². The third-order valence-electron chi connectivity index (χ3n) is 2.46. The Morgan fingerprint density at radius 3 is 2.80 bits per heavy atom. The van der Waals surface area contributed by atoms with Crippen LogP contribution in [0.15, 0.2) is 10.6 Å². The minimum Gasteiger partial charge on any atom is -0.360 e. The van der Waals surface area contributed by atoms with Gasteiger partial charge in [0, 0.05) is 12.1 Å². The Labute approximate surface area is 91.2 Å². The van der Waals surface area contributed by atoms with Crippen LogP contribution in [0.5, 0.6) is 0 Å². The van der Waals surface area contributed by atoms with Gasteiger partial charge in [-0.1, -0.05) is 25.9 Å². The molecule has 1 aromatic rings. The lowest BCUT2D eigenvalue weighted by molar-refractivity contribution is 0.349. The maximum absolute atomic E-state index is 5.28. The van der Waals surface area contributed by atoms with Crippen molar-refractivity contribution in [3.05, 3.63) is 17.5 Å². The Kier molecular flexibility index (Phi) is 2.83. The highest BCUT2D eigenvalue weighted by atomic mass is 16.5. The summed E-state index contributed by atoms with van der Waals surface area (Å²) in [5.41, 5.74) is 1.34. The van der Waals surface area contributed by atoms with E-state index in [1.54, 1.807) is 0 Å². The highest BCUT2D eigenvalue weighted by molar-refractivity contribution is 5.07. The van der Waals surface area contributed by atoms with Gasteiger partial charge in [0.25, 0.3) is 0 Å². The summed E-state index contributed by atoms with van der Waals surface area (Å²) in [6.45, 7) is 7.46. The molecule has 0 spiro atoms. The molecule has 0 saturated heterocycles. The molecule has 2 rings (SSSR count). The molecular formula is C12H20N2O.